The zero-order valence-electron chi connectivity index (χ0n) is 15.3. The molecule has 0 radical (unpaired) electrons. The van der Waals surface area contributed by atoms with Gasteiger partial charge in [-0.25, -0.2) is 18.4 Å². The van der Waals surface area contributed by atoms with Crippen LogP contribution in [0.5, 0.6) is 0 Å². The van der Waals surface area contributed by atoms with Gasteiger partial charge in [0.1, 0.15) is 10.8 Å². The fourth-order valence-corrected chi connectivity index (χ4v) is 4.67. The molecule has 3 aromatic rings. The molecule has 15 heteroatoms. The topological polar surface area (TPSA) is 118 Å². The third kappa shape index (κ3) is 5.64. The summed E-state index contributed by atoms with van der Waals surface area (Å²) in [5, 5.41) is 0.513. The lowest BCUT2D eigenvalue weighted by Gasteiger charge is -2.11. The van der Waals surface area contributed by atoms with Crippen molar-refractivity contribution in [3.8, 4) is 21.0 Å². The number of alkyl halides is 3. The van der Waals surface area contributed by atoms with Gasteiger partial charge in [0, 0.05) is 23.5 Å². The molecule has 8 nitrogen and oxygen atoms in total. The molecule has 0 unspecified atom stereocenters. The van der Waals surface area contributed by atoms with Crippen molar-refractivity contribution in [2.75, 3.05) is 15.7 Å². The lowest BCUT2D eigenvalue weighted by molar-refractivity contribution is -0.0429. The Kier molecular flexibility index (Phi) is 6.19. The second kappa shape index (κ2) is 8.26. The van der Waals surface area contributed by atoms with Crippen LogP contribution in [0.3, 0.4) is 0 Å². The van der Waals surface area contributed by atoms with E-state index < -0.39 is 25.6 Å². The zero-order chi connectivity index (χ0) is 23.0. The first kappa shape index (κ1) is 23.2. The molecule has 0 aliphatic rings. The predicted octanol–water partition coefficient (Wildman–Crippen LogP) is 4.16. The van der Waals surface area contributed by atoms with Gasteiger partial charge in [-0.15, -0.1) is 11.3 Å². The minimum absolute atomic E-state index is 0.00624. The van der Waals surface area contributed by atoms with Gasteiger partial charge in [0.2, 0.25) is 10.0 Å². The summed E-state index contributed by atoms with van der Waals surface area (Å²) >= 11 is 7.32. The number of hydrogen-bond acceptors (Lipinski definition) is 7. The Morgan fingerprint density at radius 3 is 2.35 bits per heavy atom. The Balaban J connectivity index is 1.87. The van der Waals surface area contributed by atoms with Crippen molar-refractivity contribution in [3.63, 3.8) is 0 Å². The van der Waals surface area contributed by atoms with Crippen molar-refractivity contribution in [2.45, 2.75) is 5.51 Å². The van der Waals surface area contributed by atoms with E-state index in [1.54, 1.807) is 6.07 Å². The number of sulfonamides is 2. The molecule has 0 amide bonds. The molecule has 0 aliphatic heterocycles. The molecule has 0 saturated heterocycles. The third-order valence-electron chi connectivity index (χ3n) is 3.59. The summed E-state index contributed by atoms with van der Waals surface area (Å²) in [4.78, 5) is 8.72. The highest BCUT2D eigenvalue weighted by atomic mass is 35.5. The van der Waals surface area contributed by atoms with E-state index in [1.165, 1.54) is 40.6 Å². The summed E-state index contributed by atoms with van der Waals surface area (Å²) in [5.74, 6) is 0.107. The molecule has 2 heterocycles. The normalized spacial score (nSPS) is 12.5. The van der Waals surface area contributed by atoms with Gasteiger partial charge in [-0.1, -0.05) is 11.6 Å². The molecule has 3 rings (SSSR count). The van der Waals surface area contributed by atoms with Gasteiger partial charge in [0.25, 0.3) is 0 Å². The maximum absolute atomic E-state index is 12.5. The second-order valence-electron chi connectivity index (χ2n) is 6.08. The molecule has 166 valence electrons. The number of nitrogens with zero attached hydrogens (tertiary/aromatic N) is 2. The van der Waals surface area contributed by atoms with Crippen molar-refractivity contribution in [3.05, 3.63) is 47.7 Å². The van der Waals surface area contributed by atoms with Gasteiger partial charge in [0.15, 0.2) is 0 Å². The number of pyridine rings is 1. The highest BCUT2D eigenvalue weighted by Gasteiger charge is 2.46. The van der Waals surface area contributed by atoms with Crippen molar-refractivity contribution in [1.82, 2.24) is 9.97 Å². The number of hydrogen-bond donors (Lipinski definition) is 2. The highest BCUT2D eigenvalue weighted by molar-refractivity contribution is 7.93. The van der Waals surface area contributed by atoms with Gasteiger partial charge in [-0.2, -0.15) is 21.6 Å². The number of rotatable bonds is 6. The van der Waals surface area contributed by atoms with Crippen LogP contribution in [-0.4, -0.2) is 38.6 Å². The molecule has 1 aromatic carbocycles. The summed E-state index contributed by atoms with van der Waals surface area (Å²) in [6, 6.07) is 6.66. The lowest BCUT2D eigenvalue weighted by Crippen LogP contribution is -2.29. The fourth-order valence-electron chi connectivity index (χ4n) is 2.33. The van der Waals surface area contributed by atoms with Crippen LogP contribution in [0.25, 0.3) is 21.0 Å². The van der Waals surface area contributed by atoms with Crippen LogP contribution < -0.4 is 9.44 Å². The number of halogens is 4. The monoisotopic (exact) mass is 512 g/mol. The molecule has 2 aromatic heterocycles. The maximum Gasteiger partial charge on any atom is 0.516 e. The number of anilines is 2. The van der Waals surface area contributed by atoms with Crippen LogP contribution in [0, 0.1) is 0 Å². The Morgan fingerprint density at radius 2 is 1.74 bits per heavy atom. The Hall–Kier alpha value is -2.42. The van der Waals surface area contributed by atoms with Crippen LogP contribution in [0.1, 0.15) is 0 Å². The Labute approximate surface area is 184 Å². The SMILES string of the molecule is CS(=O)(=O)Nc1cc(-c2ncc(-c3ccc(NS(=O)(=O)C(F)(F)F)cc3Cl)s2)ccn1. The first-order chi connectivity index (χ1) is 14.2. The lowest BCUT2D eigenvalue weighted by atomic mass is 10.2. The maximum atomic E-state index is 12.5. The molecule has 0 atom stereocenters. The van der Waals surface area contributed by atoms with Gasteiger partial charge >= 0.3 is 15.5 Å². The van der Waals surface area contributed by atoms with E-state index in [0.29, 0.717) is 21.0 Å². The van der Waals surface area contributed by atoms with Gasteiger partial charge < -0.3 is 0 Å². The van der Waals surface area contributed by atoms with Crippen LogP contribution in [0.15, 0.2) is 42.7 Å². The van der Waals surface area contributed by atoms with Crippen LogP contribution in [-0.2, 0) is 20.0 Å². The van der Waals surface area contributed by atoms with Gasteiger partial charge in [-0.3, -0.25) is 9.44 Å². The molecule has 0 spiro atoms. The Morgan fingerprint density at radius 1 is 1.03 bits per heavy atom. The summed E-state index contributed by atoms with van der Waals surface area (Å²) in [6.45, 7) is 0. The highest BCUT2D eigenvalue weighted by Crippen LogP contribution is 2.37. The van der Waals surface area contributed by atoms with Crippen molar-refractivity contribution in [2.24, 2.45) is 0 Å². The zero-order valence-corrected chi connectivity index (χ0v) is 18.5. The van der Waals surface area contributed by atoms with Crippen molar-refractivity contribution < 1.29 is 30.0 Å². The third-order valence-corrected chi connectivity index (χ3v) is 6.68. The predicted molar refractivity (Wildman–Crippen MR) is 113 cm³/mol. The van der Waals surface area contributed by atoms with E-state index in [0.717, 1.165) is 18.4 Å². The summed E-state index contributed by atoms with van der Waals surface area (Å²) in [6.07, 6.45) is 3.87. The van der Waals surface area contributed by atoms with Crippen molar-refractivity contribution in [1.29, 1.82) is 0 Å². The molecule has 0 fully saturated rings. The minimum atomic E-state index is -5.57. The molecule has 0 saturated carbocycles. The van der Waals surface area contributed by atoms with Crippen molar-refractivity contribution >= 4 is 54.5 Å². The fraction of sp³-hybridized carbons (Fsp3) is 0.125. The molecular weight excluding hydrogens is 501 g/mol. The first-order valence-electron chi connectivity index (χ1n) is 8.04. The van der Waals surface area contributed by atoms with Crippen LogP contribution >= 0.6 is 22.9 Å². The van der Waals surface area contributed by atoms with Crippen LogP contribution in [0.4, 0.5) is 24.7 Å². The average molecular weight is 513 g/mol. The van der Waals surface area contributed by atoms with E-state index >= 15 is 0 Å². The minimum Gasteiger partial charge on any atom is -0.276 e. The van der Waals surface area contributed by atoms with Crippen LogP contribution in [0.2, 0.25) is 5.02 Å². The quantitative estimate of drug-likeness (QED) is 0.512. The smallest absolute Gasteiger partial charge is 0.276 e. The first-order valence-corrected chi connectivity index (χ1v) is 12.6. The van der Waals surface area contributed by atoms with E-state index in [9.17, 15) is 30.0 Å². The standard InChI is InChI=1S/C16H12ClF3N4O4S3/c1-30(25,26)24-14-6-9(4-5-21-14)15-22-8-13(29-15)11-3-2-10(7-12(11)17)23-31(27,28)16(18,19)20/h2-8,23H,1H3,(H,21,24). The number of thiazole rings is 1. The van der Waals surface area contributed by atoms with Gasteiger partial charge in [-0.05, 0) is 30.3 Å². The number of benzene rings is 1. The summed E-state index contributed by atoms with van der Waals surface area (Å²) in [7, 11) is -9.08. The van der Waals surface area contributed by atoms with E-state index in [2.05, 4.69) is 14.7 Å². The molecule has 31 heavy (non-hydrogen) atoms. The molecule has 2 N–H and O–H groups in total. The molecule has 0 bridgehead atoms. The van der Waals surface area contributed by atoms with E-state index in [4.69, 9.17) is 11.6 Å². The number of nitrogens with one attached hydrogen (secondary N) is 2. The number of aromatic nitrogens is 2. The largest absolute Gasteiger partial charge is 0.516 e. The van der Waals surface area contributed by atoms with Gasteiger partial charge in [0.05, 0.1) is 21.8 Å². The Bertz CT molecular complexity index is 1340. The van der Waals surface area contributed by atoms with E-state index in [-0.39, 0.29) is 16.5 Å². The molecule has 0 aliphatic carbocycles. The second-order valence-corrected chi connectivity index (χ2v) is 10.9. The average Bonchev–Trinajstić information content (AvgIpc) is 3.09. The molecular formula is C16H12ClF3N4O4S3. The summed E-state index contributed by atoms with van der Waals surface area (Å²) in [5.41, 5.74) is -4.81. The summed E-state index contributed by atoms with van der Waals surface area (Å²) < 4.78 is 86.4. The van der Waals surface area contributed by atoms with E-state index in [1.807, 2.05) is 0 Å².